The molecular formula is C23H26Cl2N2O4. The van der Waals surface area contributed by atoms with Crippen molar-refractivity contribution in [3.63, 3.8) is 0 Å². The summed E-state index contributed by atoms with van der Waals surface area (Å²) in [5.74, 6) is 1.87. The van der Waals surface area contributed by atoms with Crippen molar-refractivity contribution in [2.45, 2.75) is 45.4 Å². The molecular weight excluding hydrogens is 439 g/mol. The SMILES string of the molecule is Cc1oc2cc3c(cc2c(=O)c1CCCCNCCN=C1CCCC(Cl)=C1Cl)OCO3. The molecule has 31 heavy (non-hydrogen) atoms. The Labute approximate surface area is 191 Å². The van der Waals surface area contributed by atoms with Crippen LogP contribution in [0, 0.1) is 6.92 Å². The molecule has 1 aromatic heterocycles. The van der Waals surface area contributed by atoms with Crippen molar-refractivity contribution < 1.29 is 13.9 Å². The molecule has 0 radical (unpaired) electrons. The van der Waals surface area contributed by atoms with Crippen LogP contribution < -0.4 is 20.2 Å². The van der Waals surface area contributed by atoms with Crippen LogP contribution in [0.15, 0.2) is 36.4 Å². The van der Waals surface area contributed by atoms with E-state index < -0.39 is 0 Å². The highest BCUT2D eigenvalue weighted by atomic mass is 35.5. The molecule has 0 unspecified atom stereocenters. The van der Waals surface area contributed by atoms with Crippen molar-refractivity contribution in [1.29, 1.82) is 0 Å². The highest BCUT2D eigenvalue weighted by Gasteiger charge is 2.19. The van der Waals surface area contributed by atoms with E-state index in [9.17, 15) is 4.79 Å². The number of hydrogen-bond acceptors (Lipinski definition) is 6. The van der Waals surface area contributed by atoms with Gasteiger partial charge in [0.05, 0.1) is 22.7 Å². The zero-order valence-corrected chi connectivity index (χ0v) is 19.1. The average Bonchev–Trinajstić information content (AvgIpc) is 3.21. The molecule has 0 amide bonds. The Morgan fingerprint density at radius 3 is 2.74 bits per heavy atom. The first-order valence-electron chi connectivity index (χ1n) is 10.7. The predicted octanol–water partition coefficient (Wildman–Crippen LogP) is 5.06. The van der Waals surface area contributed by atoms with E-state index in [-0.39, 0.29) is 12.2 Å². The fourth-order valence-corrected chi connectivity index (χ4v) is 4.40. The van der Waals surface area contributed by atoms with Gasteiger partial charge in [-0.1, -0.05) is 23.2 Å². The molecule has 4 rings (SSSR count). The summed E-state index contributed by atoms with van der Waals surface area (Å²) in [5.41, 5.74) is 2.19. The number of aryl methyl sites for hydroxylation is 1. The summed E-state index contributed by atoms with van der Waals surface area (Å²) in [7, 11) is 0. The normalized spacial score (nSPS) is 17.2. The number of ether oxygens (including phenoxy) is 2. The number of nitrogens with zero attached hydrogens (tertiary/aromatic N) is 1. The lowest BCUT2D eigenvalue weighted by Gasteiger charge is -2.13. The number of fused-ring (bicyclic) bond motifs is 2. The third-order valence-corrected chi connectivity index (χ3v) is 6.53. The first-order chi connectivity index (χ1) is 15.0. The summed E-state index contributed by atoms with van der Waals surface area (Å²) in [6, 6.07) is 3.45. The third kappa shape index (κ3) is 5.08. The molecule has 0 atom stereocenters. The van der Waals surface area contributed by atoms with Crippen LogP contribution in [-0.2, 0) is 6.42 Å². The second-order valence-electron chi connectivity index (χ2n) is 7.78. The summed E-state index contributed by atoms with van der Waals surface area (Å²) in [6.45, 7) is 4.35. The molecule has 0 saturated heterocycles. The molecule has 6 nitrogen and oxygen atoms in total. The summed E-state index contributed by atoms with van der Waals surface area (Å²) in [5, 5.41) is 5.28. The van der Waals surface area contributed by atoms with E-state index in [1.54, 1.807) is 12.1 Å². The minimum Gasteiger partial charge on any atom is -0.461 e. The molecule has 8 heteroatoms. The van der Waals surface area contributed by atoms with Crippen LogP contribution in [0.1, 0.15) is 43.4 Å². The number of unbranched alkanes of at least 4 members (excludes halogenated alkanes) is 1. The fourth-order valence-electron chi connectivity index (χ4n) is 3.91. The number of allylic oxidation sites excluding steroid dienone is 2. The Bertz CT molecular complexity index is 1090. The molecule has 1 aromatic carbocycles. The van der Waals surface area contributed by atoms with Crippen LogP contribution in [0.3, 0.4) is 0 Å². The van der Waals surface area contributed by atoms with Gasteiger partial charge in [-0.15, -0.1) is 0 Å². The van der Waals surface area contributed by atoms with E-state index in [0.717, 1.165) is 61.5 Å². The first kappa shape index (κ1) is 22.2. The van der Waals surface area contributed by atoms with Crippen molar-refractivity contribution in [2.75, 3.05) is 26.4 Å². The number of halogens is 2. The molecule has 1 aliphatic carbocycles. The van der Waals surface area contributed by atoms with Crippen LogP contribution >= 0.6 is 23.2 Å². The van der Waals surface area contributed by atoms with Crippen LogP contribution in [0.25, 0.3) is 11.0 Å². The van der Waals surface area contributed by atoms with Crippen LogP contribution in [0.4, 0.5) is 0 Å². The van der Waals surface area contributed by atoms with Gasteiger partial charge in [0.2, 0.25) is 6.79 Å². The Morgan fingerprint density at radius 1 is 1.10 bits per heavy atom. The van der Waals surface area contributed by atoms with Gasteiger partial charge in [0.25, 0.3) is 0 Å². The number of aliphatic imine (C=N–C) groups is 1. The number of hydrogen-bond donors (Lipinski definition) is 1. The summed E-state index contributed by atoms with van der Waals surface area (Å²) >= 11 is 12.3. The zero-order valence-electron chi connectivity index (χ0n) is 17.6. The second-order valence-corrected chi connectivity index (χ2v) is 8.61. The molecule has 166 valence electrons. The maximum Gasteiger partial charge on any atom is 0.231 e. The lowest BCUT2D eigenvalue weighted by Crippen LogP contribution is -2.20. The third-order valence-electron chi connectivity index (χ3n) is 5.60. The largest absolute Gasteiger partial charge is 0.461 e. The predicted molar refractivity (Wildman–Crippen MR) is 124 cm³/mol. The van der Waals surface area contributed by atoms with Crippen molar-refractivity contribution >= 4 is 39.9 Å². The summed E-state index contributed by atoms with van der Waals surface area (Å²) in [6.07, 6.45) is 5.28. The maximum absolute atomic E-state index is 12.9. The van der Waals surface area contributed by atoms with Crippen LogP contribution in [-0.4, -0.2) is 32.1 Å². The maximum atomic E-state index is 12.9. The molecule has 0 bridgehead atoms. The summed E-state index contributed by atoms with van der Waals surface area (Å²) < 4.78 is 16.6. The minimum atomic E-state index is 0.0110. The Hall–Kier alpha value is -2.02. The topological polar surface area (TPSA) is 73.1 Å². The van der Waals surface area contributed by atoms with E-state index in [1.165, 1.54) is 0 Å². The van der Waals surface area contributed by atoms with E-state index >= 15 is 0 Å². The number of benzene rings is 1. The van der Waals surface area contributed by atoms with Gasteiger partial charge in [-0.3, -0.25) is 9.79 Å². The fraction of sp³-hybridized carbons (Fsp3) is 0.478. The van der Waals surface area contributed by atoms with E-state index in [1.807, 2.05) is 6.92 Å². The number of nitrogens with one attached hydrogen (secondary N) is 1. The van der Waals surface area contributed by atoms with Crippen LogP contribution in [0.2, 0.25) is 0 Å². The van der Waals surface area contributed by atoms with Gasteiger partial charge >= 0.3 is 0 Å². The quantitative estimate of drug-likeness (QED) is 0.552. The highest BCUT2D eigenvalue weighted by Crippen LogP contribution is 2.35. The van der Waals surface area contributed by atoms with Crippen molar-refractivity contribution in [3.05, 3.63) is 43.7 Å². The molecule has 2 heterocycles. The molecule has 0 fully saturated rings. The molecule has 2 aliphatic rings. The molecule has 0 spiro atoms. The van der Waals surface area contributed by atoms with Gasteiger partial charge in [0.1, 0.15) is 11.3 Å². The lowest BCUT2D eigenvalue weighted by molar-refractivity contribution is 0.174. The average molecular weight is 465 g/mol. The van der Waals surface area contributed by atoms with Gasteiger partial charge in [-0.2, -0.15) is 0 Å². The monoisotopic (exact) mass is 464 g/mol. The smallest absolute Gasteiger partial charge is 0.231 e. The molecule has 1 N–H and O–H groups in total. The van der Waals surface area contributed by atoms with Crippen molar-refractivity contribution in [3.8, 4) is 11.5 Å². The van der Waals surface area contributed by atoms with Crippen LogP contribution in [0.5, 0.6) is 11.5 Å². The standard InChI is InChI=1S/C23H26Cl2N2O4/c1-14-15(23(28)16-11-20-21(30-13-29-20)12-19(16)31-14)5-2-3-8-26-9-10-27-18-7-4-6-17(24)22(18)25/h11-12,26H,2-10,13H2,1H3. The summed E-state index contributed by atoms with van der Waals surface area (Å²) in [4.78, 5) is 17.5. The lowest BCUT2D eigenvalue weighted by atomic mass is 10.0. The van der Waals surface area contributed by atoms with Gasteiger partial charge in [0, 0.05) is 23.2 Å². The number of rotatable bonds is 8. The van der Waals surface area contributed by atoms with E-state index in [0.29, 0.717) is 46.2 Å². The Kier molecular flexibility index (Phi) is 7.20. The zero-order chi connectivity index (χ0) is 21.8. The van der Waals surface area contributed by atoms with Gasteiger partial charge < -0.3 is 19.2 Å². The molecule has 2 aromatic rings. The molecule has 1 aliphatic heterocycles. The Morgan fingerprint density at radius 2 is 1.90 bits per heavy atom. The molecule has 0 saturated carbocycles. The van der Waals surface area contributed by atoms with Crippen molar-refractivity contribution in [2.24, 2.45) is 4.99 Å². The highest BCUT2D eigenvalue weighted by molar-refractivity contribution is 6.49. The second kappa shape index (κ2) is 10.1. The van der Waals surface area contributed by atoms with E-state index in [4.69, 9.17) is 37.1 Å². The van der Waals surface area contributed by atoms with Crippen molar-refractivity contribution in [1.82, 2.24) is 5.32 Å². The van der Waals surface area contributed by atoms with Gasteiger partial charge in [-0.05, 0) is 58.1 Å². The van der Waals surface area contributed by atoms with Gasteiger partial charge in [0.15, 0.2) is 16.9 Å². The first-order valence-corrected chi connectivity index (χ1v) is 11.4. The van der Waals surface area contributed by atoms with E-state index in [2.05, 4.69) is 10.3 Å². The Balaban J connectivity index is 1.25. The minimum absolute atomic E-state index is 0.0110. The van der Waals surface area contributed by atoms with Gasteiger partial charge in [-0.25, -0.2) is 0 Å².